The number of unbranched alkanes of at least 4 members (excludes halogenated alkanes) is 16. The Morgan fingerprint density at radius 1 is 0.417 bits per heavy atom. The Morgan fingerprint density at radius 3 is 0.958 bits per heavy atom. The minimum Gasteiger partial charge on any atom is -0.0999 e. The Labute approximate surface area is 154 Å². The van der Waals surface area contributed by atoms with Crippen molar-refractivity contribution in [3.05, 3.63) is 12.2 Å². The smallest absolute Gasteiger partial charge is 0.0323 e. The van der Waals surface area contributed by atoms with E-state index >= 15 is 0 Å². The highest BCUT2D eigenvalue weighted by molar-refractivity contribution is 4.93. The van der Waals surface area contributed by atoms with Gasteiger partial charge in [0.2, 0.25) is 0 Å². The lowest BCUT2D eigenvalue weighted by Gasteiger charge is -2.06. The molecule has 0 amide bonds. The topological polar surface area (TPSA) is 0 Å². The first kappa shape index (κ1) is 23.7. The summed E-state index contributed by atoms with van der Waals surface area (Å²) in [6.07, 6.45) is 28.3. The maximum Gasteiger partial charge on any atom is -0.0323 e. The van der Waals surface area contributed by atoms with E-state index < -0.39 is 0 Å². The Hall–Kier alpha value is -0.260. The molecule has 0 saturated heterocycles. The monoisotopic (exact) mass is 336 g/mol. The second-order valence-electron chi connectivity index (χ2n) is 7.91. The highest BCUT2D eigenvalue weighted by atomic mass is 14.0. The van der Waals surface area contributed by atoms with E-state index in [4.69, 9.17) is 0 Å². The van der Waals surface area contributed by atoms with Gasteiger partial charge in [-0.2, -0.15) is 0 Å². The van der Waals surface area contributed by atoms with Crippen molar-refractivity contribution in [1.82, 2.24) is 0 Å². The molecule has 0 heterocycles. The van der Waals surface area contributed by atoms with E-state index in [9.17, 15) is 0 Å². The summed E-state index contributed by atoms with van der Waals surface area (Å²) in [5.74, 6) is 0. The first-order chi connectivity index (χ1) is 11.8. The van der Waals surface area contributed by atoms with Crippen LogP contribution in [-0.2, 0) is 0 Å². The summed E-state index contributed by atoms with van der Waals surface area (Å²) < 4.78 is 0. The molecule has 0 aromatic carbocycles. The fourth-order valence-electron chi connectivity index (χ4n) is 3.50. The number of rotatable bonds is 20. The van der Waals surface area contributed by atoms with Crippen molar-refractivity contribution in [3.63, 3.8) is 0 Å². The Morgan fingerprint density at radius 2 is 0.667 bits per heavy atom. The molecule has 0 aliphatic heterocycles. The lowest BCUT2D eigenvalue weighted by atomic mass is 10.0. The van der Waals surface area contributed by atoms with Crippen LogP contribution in [-0.4, -0.2) is 0 Å². The van der Waals surface area contributed by atoms with Gasteiger partial charge in [-0.05, 0) is 25.7 Å². The molecular formula is C24H48. The predicted molar refractivity (Wildman–Crippen MR) is 113 cm³/mol. The predicted octanol–water partition coefficient (Wildman–Crippen LogP) is 9.38. The van der Waals surface area contributed by atoms with Crippen molar-refractivity contribution in [2.75, 3.05) is 0 Å². The Bertz CT molecular complexity index is 240. The minimum absolute atomic E-state index is 1.28. The molecule has 0 N–H and O–H groups in total. The first-order valence-electron chi connectivity index (χ1n) is 11.5. The van der Waals surface area contributed by atoms with Crippen molar-refractivity contribution in [2.24, 2.45) is 0 Å². The minimum atomic E-state index is 1.28. The van der Waals surface area contributed by atoms with E-state index in [-0.39, 0.29) is 0 Å². The molecule has 0 fully saturated rings. The van der Waals surface area contributed by atoms with Crippen LogP contribution in [0.4, 0.5) is 0 Å². The molecule has 0 aromatic heterocycles. The van der Waals surface area contributed by atoms with Crippen molar-refractivity contribution in [3.8, 4) is 0 Å². The van der Waals surface area contributed by atoms with Crippen molar-refractivity contribution < 1.29 is 0 Å². The molecule has 0 heteroatoms. The summed E-state index contributed by atoms with van der Waals surface area (Å²) in [6, 6.07) is 0. The van der Waals surface area contributed by atoms with Gasteiger partial charge >= 0.3 is 0 Å². The fraction of sp³-hybridized carbons (Fsp3) is 0.917. The lowest BCUT2D eigenvalue weighted by molar-refractivity contribution is 0.541. The summed E-state index contributed by atoms with van der Waals surface area (Å²) >= 11 is 0. The molecule has 0 aromatic rings. The molecule has 24 heavy (non-hydrogen) atoms. The quantitative estimate of drug-likeness (QED) is 0.153. The molecule has 0 rings (SSSR count). The maximum atomic E-state index is 4.28. The molecule has 0 spiro atoms. The van der Waals surface area contributed by atoms with Gasteiger partial charge in [-0.15, -0.1) is 0 Å². The van der Waals surface area contributed by atoms with Crippen molar-refractivity contribution >= 4 is 0 Å². The molecule has 0 atom stereocenters. The third kappa shape index (κ3) is 19.8. The standard InChI is InChI=1S/C24H48/c1-4-6-8-10-12-13-14-15-16-17-19-21-23-24(3)22-20-18-11-9-7-5-2/h3-23H2,1-2H3. The summed E-state index contributed by atoms with van der Waals surface area (Å²) in [7, 11) is 0. The second kappa shape index (κ2) is 20.8. The van der Waals surface area contributed by atoms with Crippen LogP contribution in [0.15, 0.2) is 12.2 Å². The number of hydrogen-bond donors (Lipinski definition) is 0. The van der Waals surface area contributed by atoms with E-state index in [2.05, 4.69) is 20.4 Å². The summed E-state index contributed by atoms with van der Waals surface area (Å²) in [5.41, 5.74) is 1.51. The van der Waals surface area contributed by atoms with Crippen LogP contribution < -0.4 is 0 Å². The van der Waals surface area contributed by atoms with E-state index in [0.717, 1.165) is 0 Å². The van der Waals surface area contributed by atoms with Gasteiger partial charge in [0, 0.05) is 0 Å². The van der Waals surface area contributed by atoms with Gasteiger partial charge in [0.25, 0.3) is 0 Å². The zero-order valence-corrected chi connectivity index (χ0v) is 17.3. The van der Waals surface area contributed by atoms with Crippen LogP contribution >= 0.6 is 0 Å². The fourth-order valence-corrected chi connectivity index (χ4v) is 3.50. The summed E-state index contributed by atoms with van der Waals surface area (Å²) in [6.45, 7) is 8.86. The Kier molecular flexibility index (Phi) is 20.6. The van der Waals surface area contributed by atoms with Gasteiger partial charge in [0.1, 0.15) is 0 Å². The van der Waals surface area contributed by atoms with Gasteiger partial charge in [-0.25, -0.2) is 0 Å². The normalized spacial score (nSPS) is 11.1. The van der Waals surface area contributed by atoms with Gasteiger partial charge in [0.05, 0.1) is 0 Å². The van der Waals surface area contributed by atoms with Crippen LogP contribution in [0.5, 0.6) is 0 Å². The highest BCUT2D eigenvalue weighted by Crippen LogP contribution is 2.17. The van der Waals surface area contributed by atoms with Crippen LogP contribution in [0.1, 0.15) is 142 Å². The molecule has 0 bridgehead atoms. The summed E-state index contributed by atoms with van der Waals surface area (Å²) in [5, 5.41) is 0. The first-order valence-corrected chi connectivity index (χ1v) is 11.5. The molecule has 0 radical (unpaired) electrons. The van der Waals surface area contributed by atoms with Gasteiger partial charge in [-0.3, -0.25) is 0 Å². The summed E-state index contributed by atoms with van der Waals surface area (Å²) in [4.78, 5) is 0. The maximum absolute atomic E-state index is 4.28. The Balaban J connectivity index is 3.11. The SMILES string of the molecule is C=C(CCCCCCCC)CCCCCCCCCCCCCC. The van der Waals surface area contributed by atoms with E-state index in [1.54, 1.807) is 0 Å². The molecule has 0 saturated carbocycles. The van der Waals surface area contributed by atoms with E-state index in [1.165, 1.54) is 134 Å². The second-order valence-corrected chi connectivity index (χ2v) is 7.91. The lowest BCUT2D eigenvalue weighted by Crippen LogP contribution is -1.86. The molecule has 144 valence electrons. The average molecular weight is 337 g/mol. The van der Waals surface area contributed by atoms with Gasteiger partial charge < -0.3 is 0 Å². The molecular weight excluding hydrogens is 288 g/mol. The van der Waals surface area contributed by atoms with Crippen molar-refractivity contribution in [1.29, 1.82) is 0 Å². The highest BCUT2D eigenvalue weighted by Gasteiger charge is 1.97. The largest absolute Gasteiger partial charge is 0.0999 e. The van der Waals surface area contributed by atoms with Crippen LogP contribution in [0, 0.1) is 0 Å². The van der Waals surface area contributed by atoms with Crippen molar-refractivity contribution in [2.45, 2.75) is 142 Å². The number of allylic oxidation sites excluding steroid dienone is 1. The van der Waals surface area contributed by atoms with Gasteiger partial charge in [-0.1, -0.05) is 129 Å². The molecule has 0 unspecified atom stereocenters. The zero-order valence-electron chi connectivity index (χ0n) is 17.3. The van der Waals surface area contributed by atoms with Crippen LogP contribution in [0.2, 0.25) is 0 Å². The average Bonchev–Trinajstić information content (AvgIpc) is 2.59. The van der Waals surface area contributed by atoms with Crippen LogP contribution in [0.3, 0.4) is 0 Å². The number of hydrogen-bond acceptors (Lipinski definition) is 0. The molecule has 0 nitrogen and oxygen atoms in total. The van der Waals surface area contributed by atoms with Crippen LogP contribution in [0.25, 0.3) is 0 Å². The zero-order chi connectivity index (χ0) is 17.7. The third-order valence-electron chi connectivity index (χ3n) is 5.27. The molecule has 0 aliphatic rings. The third-order valence-corrected chi connectivity index (χ3v) is 5.27. The van der Waals surface area contributed by atoms with E-state index in [0.29, 0.717) is 0 Å². The van der Waals surface area contributed by atoms with Gasteiger partial charge in [0.15, 0.2) is 0 Å². The van der Waals surface area contributed by atoms with E-state index in [1.807, 2.05) is 0 Å². The molecule has 0 aliphatic carbocycles.